The number of carboxylic acid groups (broad SMARTS) is 1. The van der Waals surface area contributed by atoms with Crippen molar-refractivity contribution in [2.24, 2.45) is 0 Å². The highest BCUT2D eigenvalue weighted by Gasteiger charge is 2.37. The van der Waals surface area contributed by atoms with Crippen molar-refractivity contribution in [2.45, 2.75) is 31.7 Å². The van der Waals surface area contributed by atoms with Crippen LogP contribution in [0.15, 0.2) is 24.3 Å². The van der Waals surface area contributed by atoms with E-state index in [1.165, 1.54) is 0 Å². The monoisotopic (exact) mass is 291 g/mol. The number of halogens is 3. The Morgan fingerprint density at radius 3 is 2.30 bits per heavy atom. The minimum Gasteiger partial charge on any atom is -0.481 e. The van der Waals surface area contributed by atoms with Crippen molar-refractivity contribution in [3.63, 3.8) is 0 Å². The molecule has 0 bridgehead atoms. The first kappa shape index (κ1) is 16.5. The lowest BCUT2D eigenvalue weighted by molar-refractivity contribution is -0.201. The predicted octanol–water partition coefficient (Wildman–Crippen LogP) is 1.89. The number of carboxylic acids is 1. The van der Waals surface area contributed by atoms with Gasteiger partial charge < -0.3 is 15.5 Å². The van der Waals surface area contributed by atoms with Crippen LogP contribution in [-0.4, -0.2) is 35.0 Å². The molecule has 20 heavy (non-hydrogen) atoms. The summed E-state index contributed by atoms with van der Waals surface area (Å²) in [5.74, 6) is -1.58. The lowest BCUT2D eigenvalue weighted by Gasteiger charge is -2.15. The molecule has 1 aromatic carbocycles. The molecule has 2 unspecified atom stereocenters. The van der Waals surface area contributed by atoms with Gasteiger partial charge in [-0.3, -0.25) is 4.79 Å². The standard InChI is InChI=1S/C13H16F3NO3/c1-8(12(19)20)10-4-2-9(3-5-10)6-17-7-11(18)13(14,15)16/h2-5,8,11,17-18H,6-7H2,1H3,(H,19,20). The van der Waals surface area contributed by atoms with Gasteiger partial charge in [-0.25, -0.2) is 0 Å². The molecule has 0 aromatic heterocycles. The number of aliphatic carboxylic acids is 1. The third-order valence-electron chi connectivity index (χ3n) is 2.89. The van der Waals surface area contributed by atoms with Crippen LogP contribution in [0.5, 0.6) is 0 Å². The van der Waals surface area contributed by atoms with Crippen LogP contribution in [0.1, 0.15) is 24.0 Å². The predicted molar refractivity (Wildman–Crippen MR) is 66.3 cm³/mol. The Bertz CT molecular complexity index is 445. The number of hydrogen-bond acceptors (Lipinski definition) is 3. The molecule has 112 valence electrons. The van der Waals surface area contributed by atoms with Crippen LogP contribution in [0.2, 0.25) is 0 Å². The number of carbonyl (C=O) groups is 1. The van der Waals surface area contributed by atoms with Gasteiger partial charge in [0.2, 0.25) is 0 Å². The van der Waals surface area contributed by atoms with E-state index >= 15 is 0 Å². The summed E-state index contributed by atoms with van der Waals surface area (Å²) < 4.78 is 36.1. The van der Waals surface area contributed by atoms with E-state index in [1.807, 2.05) is 0 Å². The molecule has 0 aliphatic rings. The molecule has 0 spiro atoms. The third kappa shape index (κ3) is 4.82. The second-order valence-corrected chi connectivity index (χ2v) is 4.49. The first-order chi connectivity index (χ1) is 9.21. The molecule has 1 rings (SSSR count). The van der Waals surface area contributed by atoms with E-state index in [9.17, 15) is 18.0 Å². The summed E-state index contributed by atoms with van der Waals surface area (Å²) in [5.41, 5.74) is 1.33. The van der Waals surface area contributed by atoms with Gasteiger partial charge in [-0.1, -0.05) is 24.3 Å². The van der Waals surface area contributed by atoms with Crippen molar-refractivity contribution in [3.8, 4) is 0 Å². The van der Waals surface area contributed by atoms with Crippen molar-refractivity contribution >= 4 is 5.97 Å². The lowest BCUT2D eigenvalue weighted by Crippen LogP contribution is -2.38. The van der Waals surface area contributed by atoms with E-state index in [0.717, 1.165) is 0 Å². The fraction of sp³-hybridized carbons (Fsp3) is 0.462. The Kier molecular flexibility index (Phi) is 5.52. The number of benzene rings is 1. The maximum absolute atomic E-state index is 12.0. The van der Waals surface area contributed by atoms with Gasteiger partial charge in [-0.05, 0) is 18.1 Å². The molecule has 0 radical (unpaired) electrons. The molecule has 0 aliphatic heterocycles. The van der Waals surface area contributed by atoms with Crippen LogP contribution >= 0.6 is 0 Å². The number of aliphatic hydroxyl groups excluding tert-OH is 1. The molecule has 0 saturated carbocycles. The Morgan fingerprint density at radius 2 is 1.85 bits per heavy atom. The summed E-state index contributed by atoms with van der Waals surface area (Å²) in [4.78, 5) is 10.8. The minimum absolute atomic E-state index is 0.162. The maximum Gasteiger partial charge on any atom is 0.415 e. The van der Waals surface area contributed by atoms with Crippen molar-refractivity contribution in [3.05, 3.63) is 35.4 Å². The smallest absolute Gasteiger partial charge is 0.415 e. The second-order valence-electron chi connectivity index (χ2n) is 4.49. The number of hydrogen-bond donors (Lipinski definition) is 3. The first-order valence-corrected chi connectivity index (χ1v) is 5.99. The van der Waals surface area contributed by atoms with Crippen LogP contribution in [0, 0.1) is 0 Å². The SMILES string of the molecule is CC(C(=O)O)c1ccc(CNCC(O)C(F)(F)F)cc1. The van der Waals surface area contributed by atoms with Gasteiger partial charge >= 0.3 is 12.1 Å². The van der Waals surface area contributed by atoms with E-state index < -0.39 is 30.7 Å². The Morgan fingerprint density at radius 1 is 1.30 bits per heavy atom. The highest BCUT2D eigenvalue weighted by atomic mass is 19.4. The van der Waals surface area contributed by atoms with Gasteiger partial charge in [0.25, 0.3) is 0 Å². The summed E-state index contributed by atoms with van der Waals surface area (Å²) in [5, 5.41) is 20.1. The Balaban J connectivity index is 2.49. The molecule has 0 saturated heterocycles. The zero-order valence-corrected chi connectivity index (χ0v) is 10.8. The van der Waals surface area contributed by atoms with Gasteiger partial charge in [0, 0.05) is 13.1 Å². The number of nitrogens with one attached hydrogen (secondary N) is 1. The van der Waals surface area contributed by atoms with E-state index in [0.29, 0.717) is 11.1 Å². The van der Waals surface area contributed by atoms with Crippen LogP contribution in [-0.2, 0) is 11.3 Å². The molecule has 4 nitrogen and oxygen atoms in total. The molecule has 3 N–H and O–H groups in total. The van der Waals surface area contributed by atoms with Crippen LogP contribution in [0.3, 0.4) is 0 Å². The fourth-order valence-corrected chi connectivity index (χ4v) is 1.54. The summed E-state index contributed by atoms with van der Waals surface area (Å²) in [6.45, 7) is 1.13. The van der Waals surface area contributed by atoms with Gasteiger partial charge in [0.05, 0.1) is 5.92 Å². The molecule has 0 aliphatic carbocycles. The van der Waals surface area contributed by atoms with E-state index in [2.05, 4.69) is 5.32 Å². The first-order valence-electron chi connectivity index (χ1n) is 5.99. The zero-order chi connectivity index (χ0) is 15.3. The molecule has 0 fully saturated rings. The molecule has 1 aromatic rings. The average Bonchev–Trinajstić information content (AvgIpc) is 2.37. The maximum atomic E-state index is 12.0. The summed E-state index contributed by atoms with van der Waals surface area (Å²) in [7, 11) is 0. The summed E-state index contributed by atoms with van der Waals surface area (Å²) >= 11 is 0. The highest BCUT2D eigenvalue weighted by molar-refractivity contribution is 5.75. The Hall–Kier alpha value is -1.60. The van der Waals surface area contributed by atoms with Gasteiger partial charge in [0.1, 0.15) is 0 Å². The molecular formula is C13H16F3NO3. The second kappa shape index (κ2) is 6.71. The average molecular weight is 291 g/mol. The lowest BCUT2D eigenvalue weighted by atomic mass is 10.00. The highest BCUT2D eigenvalue weighted by Crippen LogP contribution is 2.19. The quantitative estimate of drug-likeness (QED) is 0.748. The normalized spacial score (nSPS) is 14.8. The third-order valence-corrected chi connectivity index (χ3v) is 2.89. The van der Waals surface area contributed by atoms with Crippen LogP contribution in [0.4, 0.5) is 13.2 Å². The van der Waals surface area contributed by atoms with Crippen molar-refractivity contribution in [1.29, 1.82) is 0 Å². The van der Waals surface area contributed by atoms with E-state index in [-0.39, 0.29) is 6.54 Å². The zero-order valence-electron chi connectivity index (χ0n) is 10.8. The topological polar surface area (TPSA) is 69.6 Å². The largest absolute Gasteiger partial charge is 0.481 e. The molecule has 2 atom stereocenters. The van der Waals surface area contributed by atoms with Crippen LogP contribution < -0.4 is 5.32 Å². The van der Waals surface area contributed by atoms with Gasteiger partial charge in [-0.15, -0.1) is 0 Å². The van der Waals surface area contributed by atoms with Crippen molar-refractivity contribution in [1.82, 2.24) is 5.32 Å². The Labute approximate surface area is 114 Å². The van der Waals surface area contributed by atoms with E-state index in [4.69, 9.17) is 10.2 Å². The van der Waals surface area contributed by atoms with Crippen molar-refractivity contribution < 1.29 is 28.2 Å². The molecule has 7 heteroatoms. The fourth-order valence-electron chi connectivity index (χ4n) is 1.54. The van der Waals surface area contributed by atoms with Crippen LogP contribution in [0.25, 0.3) is 0 Å². The van der Waals surface area contributed by atoms with Crippen molar-refractivity contribution in [2.75, 3.05) is 6.54 Å². The molecule has 0 amide bonds. The summed E-state index contributed by atoms with van der Waals surface area (Å²) in [6, 6.07) is 6.52. The number of aliphatic hydroxyl groups is 1. The molecular weight excluding hydrogens is 275 g/mol. The number of alkyl halides is 3. The van der Waals surface area contributed by atoms with Gasteiger partial charge in [-0.2, -0.15) is 13.2 Å². The van der Waals surface area contributed by atoms with E-state index in [1.54, 1.807) is 31.2 Å². The minimum atomic E-state index is -4.63. The summed E-state index contributed by atoms with van der Waals surface area (Å²) in [6.07, 6.45) is -7.03. The molecule has 0 heterocycles. The number of rotatable bonds is 6. The van der Waals surface area contributed by atoms with Gasteiger partial charge in [0.15, 0.2) is 6.10 Å².